The summed E-state index contributed by atoms with van der Waals surface area (Å²) in [5.74, 6) is -1.42. The van der Waals surface area contributed by atoms with Crippen LogP contribution in [-0.4, -0.2) is 20.9 Å². The Balaban J connectivity index is 1.87. The van der Waals surface area contributed by atoms with Crippen molar-refractivity contribution in [2.75, 3.05) is 5.32 Å². The smallest absolute Gasteiger partial charge is 0.337 e. The number of nitrogens with one attached hydrogen (secondary N) is 1. The van der Waals surface area contributed by atoms with Crippen LogP contribution in [0.5, 0.6) is 0 Å². The molecule has 0 aliphatic heterocycles. The number of halogens is 2. The number of aromatic carboxylic acids is 1. The van der Waals surface area contributed by atoms with E-state index < -0.39 is 11.8 Å². The molecule has 0 unspecified atom stereocenters. The highest BCUT2D eigenvalue weighted by Gasteiger charge is 2.17. The topological polar surface area (TPSA) is 67.2 Å². The van der Waals surface area contributed by atoms with Crippen molar-refractivity contribution in [3.63, 3.8) is 0 Å². The van der Waals surface area contributed by atoms with Crippen molar-refractivity contribution in [1.82, 2.24) is 9.78 Å². The Morgan fingerprint density at radius 2 is 1.65 bits per heavy atom. The number of aromatic nitrogens is 2. The summed E-state index contributed by atoms with van der Waals surface area (Å²) in [5, 5.41) is 17.3. The minimum atomic E-state index is -1.07. The fraction of sp³-hybridized carbons (Fsp3) is 0.0833. The Labute approximate surface area is 177 Å². The second-order valence-corrected chi connectivity index (χ2v) is 7.24. The molecule has 7 heteroatoms. The van der Waals surface area contributed by atoms with Crippen LogP contribution < -0.4 is 5.32 Å². The molecule has 156 valence electrons. The molecule has 4 aromatic rings. The molecule has 3 aromatic carbocycles. The van der Waals surface area contributed by atoms with Gasteiger partial charge in [0, 0.05) is 11.6 Å². The molecule has 0 amide bonds. The molecular formula is C24H19F2N3O2. The molecule has 0 spiro atoms. The van der Waals surface area contributed by atoms with Gasteiger partial charge in [-0.25, -0.2) is 18.3 Å². The monoisotopic (exact) mass is 419 g/mol. The van der Waals surface area contributed by atoms with Crippen LogP contribution in [0, 0.1) is 25.5 Å². The summed E-state index contributed by atoms with van der Waals surface area (Å²) < 4.78 is 28.9. The largest absolute Gasteiger partial charge is 0.478 e. The molecule has 4 rings (SSSR count). The molecule has 0 saturated carbocycles. The van der Waals surface area contributed by atoms with Gasteiger partial charge in [-0.1, -0.05) is 17.7 Å². The summed E-state index contributed by atoms with van der Waals surface area (Å²) in [5.41, 5.74) is 3.76. The van der Waals surface area contributed by atoms with Gasteiger partial charge in [0.05, 0.1) is 22.6 Å². The normalized spacial score (nSPS) is 10.8. The fourth-order valence-corrected chi connectivity index (χ4v) is 3.31. The number of carbonyl (C=O) groups is 1. The maximum atomic E-state index is 14.0. The van der Waals surface area contributed by atoms with Gasteiger partial charge in [0.1, 0.15) is 17.5 Å². The number of rotatable bonds is 5. The molecule has 0 aliphatic rings. The average Bonchev–Trinajstić information content (AvgIpc) is 3.15. The number of hydrogen-bond donors (Lipinski definition) is 2. The maximum Gasteiger partial charge on any atom is 0.337 e. The van der Waals surface area contributed by atoms with Crippen LogP contribution in [0.3, 0.4) is 0 Å². The predicted octanol–water partition coefficient (Wildman–Crippen LogP) is 5.88. The highest BCUT2D eigenvalue weighted by molar-refractivity contribution is 5.95. The number of aryl methyl sites for hydroxylation is 2. The quantitative estimate of drug-likeness (QED) is 0.424. The number of benzene rings is 3. The molecule has 1 aromatic heterocycles. The maximum absolute atomic E-state index is 14.0. The van der Waals surface area contributed by atoms with Gasteiger partial charge in [-0.15, -0.1) is 0 Å². The van der Waals surface area contributed by atoms with Gasteiger partial charge in [0.25, 0.3) is 0 Å². The summed E-state index contributed by atoms with van der Waals surface area (Å²) >= 11 is 0. The van der Waals surface area contributed by atoms with E-state index in [1.807, 2.05) is 13.8 Å². The van der Waals surface area contributed by atoms with E-state index in [9.17, 15) is 18.7 Å². The minimum Gasteiger partial charge on any atom is -0.478 e. The second kappa shape index (κ2) is 8.02. The van der Waals surface area contributed by atoms with E-state index in [1.54, 1.807) is 42.5 Å². The first-order valence-electron chi connectivity index (χ1n) is 9.55. The van der Waals surface area contributed by atoms with Gasteiger partial charge in [-0.3, -0.25) is 0 Å². The zero-order chi connectivity index (χ0) is 22.1. The number of carboxylic acids is 1. The van der Waals surface area contributed by atoms with Crippen LogP contribution in [-0.2, 0) is 0 Å². The van der Waals surface area contributed by atoms with Gasteiger partial charge in [0.2, 0.25) is 0 Å². The zero-order valence-electron chi connectivity index (χ0n) is 16.9. The Hall–Kier alpha value is -4.00. The minimum absolute atomic E-state index is 0.104. The number of carboxylic acid groups (broad SMARTS) is 1. The van der Waals surface area contributed by atoms with Crippen molar-refractivity contribution in [2.45, 2.75) is 13.8 Å². The van der Waals surface area contributed by atoms with E-state index in [2.05, 4.69) is 10.4 Å². The van der Waals surface area contributed by atoms with Gasteiger partial charge in [-0.05, 0) is 67.9 Å². The van der Waals surface area contributed by atoms with Gasteiger partial charge < -0.3 is 10.4 Å². The lowest BCUT2D eigenvalue weighted by Crippen LogP contribution is -2.08. The summed E-state index contributed by atoms with van der Waals surface area (Å²) in [6, 6.07) is 17.0. The van der Waals surface area contributed by atoms with Crippen LogP contribution in [0.1, 0.15) is 21.5 Å². The van der Waals surface area contributed by atoms with E-state index in [-0.39, 0.29) is 11.4 Å². The first kappa shape index (κ1) is 20.3. The average molecular weight is 419 g/mol. The highest BCUT2D eigenvalue weighted by Crippen LogP contribution is 2.30. The molecule has 5 nitrogen and oxygen atoms in total. The van der Waals surface area contributed by atoms with Crippen molar-refractivity contribution < 1.29 is 18.7 Å². The Bertz CT molecular complexity index is 1280. The lowest BCUT2D eigenvalue weighted by molar-refractivity contribution is 0.0698. The number of nitrogens with zero attached hydrogens (tertiary/aromatic N) is 2. The van der Waals surface area contributed by atoms with Crippen LogP contribution in [0.4, 0.5) is 20.3 Å². The van der Waals surface area contributed by atoms with E-state index in [0.29, 0.717) is 28.5 Å². The van der Waals surface area contributed by atoms with Gasteiger partial charge >= 0.3 is 5.97 Å². The van der Waals surface area contributed by atoms with E-state index in [1.165, 1.54) is 28.9 Å². The van der Waals surface area contributed by atoms with Gasteiger partial charge in [0.15, 0.2) is 0 Å². The third-order valence-corrected chi connectivity index (χ3v) is 4.92. The van der Waals surface area contributed by atoms with E-state index in [0.717, 1.165) is 11.1 Å². The third kappa shape index (κ3) is 4.16. The fourth-order valence-electron chi connectivity index (χ4n) is 3.31. The first-order chi connectivity index (χ1) is 14.8. The molecule has 31 heavy (non-hydrogen) atoms. The van der Waals surface area contributed by atoms with Crippen molar-refractivity contribution in [1.29, 1.82) is 0 Å². The Morgan fingerprint density at radius 1 is 0.935 bits per heavy atom. The molecule has 0 bridgehead atoms. The lowest BCUT2D eigenvalue weighted by Gasteiger charge is -2.14. The van der Waals surface area contributed by atoms with Crippen molar-refractivity contribution in [2.24, 2.45) is 0 Å². The molecule has 0 atom stereocenters. The highest BCUT2D eigenvalue weighted by atomic mass is 19.1. The summed E-state index contributed by atoms with van der Waals surface area (Å²) in [6.07, 6.45) is 0. The second-order valence-electron chi connectivity index (χ2n) is 7.24. The summed E-state index contributed by atoms with van der Waals surface area (Å²) in [7, 11) is 0. The van der Waals surface area contributed by atoms with Gasteiger partial charge in [-0.2, -0.15) is 5.10 Å². The molecular weight excluding hydrogens is 400 g/mol. The molecule has 0 saturated heterocycles. The number of hydrogen-bond acceptors (Lipinski definition) is 3. The third-order valence-electron chi connectivity index (χ3n) is 4.92. The van der Waals surface area contributed by atoms with Crippen LogP contribution >= 0.6 is 0 Å². The Morgan fingerprint density at radius 3 is 2.35 bits per heavy atom. The van der Waals surface area contributed by atoms with E-state index >= 15 is 0 Å². The van der Waals surface area contributed by atoms with Crippen LogP contribution in [0.25, 0.3) is 16.9 Å². The van der Waals surface area contributed by atoms with Crippen LogP contribution in [0.15, 0.2) is 66.7 Å². The molecule has 0 fully saturated rings. The molecule has 0 aliphatic carbocycles. The SMILES string of the molecule is Cc1ccc(Nc2cc(-c3ccc(F)cc3)nn2-c2cc(F)ccc2C)c(C(=O)O)c1. The molecule has 1 heterocycles. The first-order valence-corrected chi connectivity index (χ1v) is 9.55. The van der Waals surface area contributed by atoms with Crippen molar-refractivity contribution >= 4 is 17.5 Å². The van der Waals surface area contributed by atoms with Crippen molar-refractivity contribution in [3.05, 3.63) is 95.1 Å². The zero-order valence-corrected chi connectivity index (χ0v) is 16.9. The lowest BCUT2D eigenvalue weighted by atomic mass is 10.1. The van der Waals surface area contributed by atoms with Crippen LogP contribution in [0.2, 0.25) is 0 Å². The summed E-state index contributed by atoms with van der Waals surface area (Å²) in [6.45, 7) is 3.63. The Kier molecular flexibility index (Phi) is 5.25. The standard InChI is InChI=1S/C24H19F2N3O2/c1-14-3-10-20(19(11-14)24(30)31)27-23-13-21(16-5-8-17(25)9-6-16)28-29(23)22-12-18(26)7-4-15(22)2/h3-13,27H,1-2H3,(H,30,31). The predicted molar refractivity (Wildman–Crippen MR) is 115 cm³/mol. The molecule has 2 N–H and O–H groups in total. The number of anilines is 2. The molecule has 0 radical (unpaired) electrons. The summed E-state index contributed by atoms with van der Waals surface area (Å²) in [4.78, 5) is 11.7. The van der Waals surface area contributed by atoms with Crippen molar-refractivity contribution in [3.8, 4) is 16.9 Å². The van der Waals surface area contributed by atoms with E-state index in [4.69, 9.17) is 0 Å².